The van der Waals surface area contributed by atoms with Gasteiger partial charge in [0.1, 0.15) is 5.82 Å². The van der Waals surface area contributed by atoms with Crippen LogP contribution >= 0.6 is 11.8 Å². The minimum atomic E-state index is -0.325. The smallest absolute Gasteiger partial charge is 0.147 e. The molecule has 0 heterocycles. The molecule has 4 heteroatoms. The molecule has 0 spiro atoms. The van der Waals surface area contributed by atoms with E-state index < -0.39 is 0 Å². The fourth-order valence-electron chi connectivity index (χ4n) is 2.20. The first-order valence-electron chi connectivity index (χ1n) is 5.93. The summed E-state index contributed by atoms with van der Waals surface area (Å²) in [5, 5.41) is 0.525. The first kappa shape index (κ1) is 12.7. The number of anilines is 1. The topological polar surface area (TPSA) is 35.2 Å². The Morgan fingerprint density at radius 1 is 1.41 bits per heavy atom. The lowest BCUT2D eigenvalue weighted by Crippen LogP contribution is -2.23. The van der Waals surface area contributed by atoms with Crippen molar-refractivity contribution in [3.05, 3.63) is 24.0 Å². The van der Waals surface area contributed by atoms with Crippen LogP contribution < -0.4 is 5.73 Å². The number of halogens is 1. The van der Waals surface area contributed by atoms with E-state index in [2.05, 4.69) is 0 Å². The van der Waals surface area contributed by atoms with Gasteiger partial charge in [-0.1, -0.05) is 0 Å². The SMILES string of the molecule is COC1CCCC(Sc2ccc(N)c(F)c2)C1. The number of methoxy groups -OCH3 is 1. The Kier molecular flexibility index (Phi) is 4.29. The number of hydrogen-bond donors (Lipinski definition) is 1. The highest BCUT2D eigenvalue weighted by atomic mass is 32.2. The summed E-state index contributed by atoms with van der Waals surface area (Å²) in [4.78, 5) is 0.957. The van der Waals surface area contributed by atoms with Gasteiger partial charge in [0.15, 0.2) is 0 Å². The number of nitrogen functional groups attached to an aromatic ring is 1. The maximum absolute atomic E-state index is 13.3. The molecule has 0 aliphatic heterocycles. The van der Waals surface area contributed by atoms with Gasteiger partial charge in [-0.2, -0.15) is 0 Å². The van der Waals surface area contributed by atoms with Crippen molar-refractivity contribution >= 4 is 17.4 Å². The molecule has 0 saturated heterocycles. The van der Waals surface area contributed by atoms with E-state index in [0.717, 1.165) is 17.7 Å². The second kappa shape index (κ2) is 5.74. The number of thioether (sulfide) groups is 1. The largest absolute Gasteiger partial charge is 0.396 e. The van der Waals surface area contributed by atoms with Gasteiger partial charge in [-0.15, -0.1) is 11.8 Å². The Labute approximate surface area is 106 Å². The maximum atomic E-state index is 13.3. The third-order valence-corrected chi connectivity index (χ3v) is 4.47. The van der Waals surface area contributed by atoms with Gasteiger partial charge in [0, 0.05) is 17.3 Å². The highest BCUT2D eigenvalue weighted by molar-refractivity contribution is 8.00. The molecular formula is C13H18FNOS. The molecule has 0 radical (unpaired) electrons. The van der Waals surface area contributed by atoms with E-state index in [1.165, 1.54) is 18.9 Å². The summed E-state index contributed by atoms with van der Waals surface area (Å²) < 4.78 is 18.7. The van der Waals surface area contributed by atoms with Gasteiger partial charge in [-0.25, -0.2) is 4.39 Å². The van der Waals surface area contributed by atoms with Crippen LogP contribution in [0.15, 0.2) is 23.1 Å². The standard InChI is InChI=1S/C13H18FNOS/c1-16-9-3-2-4-10(7-9)17-11-5-6-13(15)12(14)8-11/h5-6,8-10H,2-4,7,15H2,1H3. The monoisotopic (exact) mass is 255 g/mol. The summed E-state index contributed by atoms with van der Waals surface area (Å²) in [6.45, 7) is 0. The Morgan fingerprint density at radius 3 is 2.94 bits per heavy atom. The molecule has 1 saturated carbocycles. The van der Waals surface area contributed by atoms with Crippen molar-refractivity contribution in [1.82, 2.24) is 0 Å². The molecule has 0 bridgehead atoms. The minimum absolute atomic E-state index is 0.216. The molecule has 0 amide bonds. The summed E-state index contributed by atoms with van der Waals surface area (Å²) in [6.07, 6.45) is 4.92. The van der Waals surface area contributed by atoms with Crippen molar-refractivity contribution in [2.24, 2.45) is 0 Å². The van der Waals surface area contributed by atoms with Crippen LogP contribution in [-0.4, -0.2) is 18.5 Å². The Morgan fingerprint density at radius 2 is 2.24 bits per heavy atom. The molecule has 0 aromatic heterocycles. The van der Waals surface area contributed by atoms with Crippen LogP contribution in [0.1, 0.15) is 25.7 Å². The van der Waals surface area contributed by atoms with Crippen LogP contribution in [0, 0.1) is 5.82 Å². The summed E-state index contributed by atoms with van der Waals surface area (Å²) in [7, 11) is 1.76. The summed E-state index contributed by atoms with van der Waals surface area (Å²) in [5.41, 5.74) is 5.68. The Balaban J connectivity index is 1.97. The molecular weight excluding hydrogens is 237 g/mol. The Bertz CT molecular complexity index is 386. The van der Waals surface area contributed by atoms with Crippen molar-refractivity contribution in [3.8, 4) is 0 Å². The second-order valence-electron chi connectivity index (χ2n) is 4.45. The number of benzene rings is 1. The van der Waals surface area contributed by atoms with E-state index >= 15 is 0 Å². The van der Waals surface area contributed by atoms with E-state index in [1.54, 1.807) is 24.9 Å². The van der Waals surface area contributed by atoms with E-state index in [9.17, 15) is 4.39 Å². The highest BCUT2D eigenvalue weighted by Gasteiger charge is 2.22. The normalized spacial score (nSPS) is 24.8. The lowest BCUT2D eigenvalue weighted by molar-refractivity contribution is 0.0730. The number of hydrogen-bond acceptors (Lipinski definition) is 3. The van der Waals surface area contributed by atoms with Crippen molar-refractivity contribution < 1.29 is 9.13 Å². The molecule has 2 nitrogen and oxygen atoms in total. The van der Waals surface area contributed by atoms with Crippen LogP contribution in [0.3, 0.4) is 0 Å². The lowest BCUT2D eigenvalue weighted by atomic mass is 9.97. The molecule has 2 N–H and O–H groups in total. The van der Waals surface area contributed by atoms with E-state index in [-0.39, 0.29) is 11.5 Å². The van der Waals surface area contributed by atoms with Gasteiger partial charge >= 0.3 is 0 Å². The summed E-state index contributed by atoms with van der Waals surface area (Å²) in [6, 6.07) is 5.05. The average Bonchev–Trinajstić information content (AvgIpc) is 2.34. The fraction of sp³-hybridized carbons (Fsp3) is 0.538. The van der Waals surface area contributed by atoms with Crippen LogP contribution in [0.5, 0.6) is 0 Å². The zero-order chi connectivity index (χ0) is 12.3. The quantitative estimate of drug-likeness (QED) is 0.840. The minimum Gasteiger partial charge on any atom is -0.396 e. The van der Waals surface area contributed by atoms with Crippen molar-refractivity contribution in [1.29, 1.82) is 0 Å². The summed E-state index contributed by atoms with van der Waals surface area (Å²) in [5.74, 6) is -0.325. The van der Waals surface area contributed by atoms with E-state index in [4.69, 9.17) is 10.5 Å². The maximum Gasteiger partial charge on any atom is 0.147 e. The second-order valence-corrected chi connectivity index (χ2v) is 5.82. The van der Waals surface area contributed by atoms with Gasteiger partial charge in [0.05, 0.1) is 11.8 Å². The van der Waals surface area contributed by atoms with Crippen molar-refractivity contribution in [3.63, 3.8) is 0 Å². The number of rotatable bonds is 3. The van der Waals surface area contributed by atoms with Crippen molar-refractivity contribution in [2.45, 2.75) is 41.9 Å². The summed E-state index contributed by atoms with van der Waals surface area (Å²) >= 11 is 1.73. The zero-order valence-electron chi connectivity index (χ0n) is 9.99. The van der Waals surface area contributed by atoms with Crippen molar-refractivity contribution in [2.75, 3.05) is 12.8 Å². The third-order valence-electron chi connectivity index (χ3n) is 3.19. The van der Waals surface area contributed by atoms with Gasteiger partial charge in [0.2, 0.25) is 0 Å². The molecule has 2 unspecified atom stereocenters. The van der Waals surface area contributed by atoms with Crippen LogP contribution in [-0.2, 0) is 4.74 Å². The van der Waals surface area contributed by atoms with Crippen LogP contribution in [0.4, 0.5) is 10.1 Å². The molecule has 1 aliphatic rings. The molecule has 17 heavy (non-hydrogen) atoms. The first-order chi connectivity index (χ1) is 8.19. The molecule has 1 aromatic rings. The first-order valence-corrected chi connectivity index (χ1v) is 6.81. The van der Waals surface area contributed by atoms with Gasteiger partial charge in [0.25, 0.3) is 0 Å². The third kappa shape index (κ3) is 3.36. The lowest BCUT2D eigenvalue weighted by Gasteiger charge is -2.27. The predicted molar refractivity (Wildman–Crippen MR) is 69.7 cm³/mol. The van der Waals surface area contributed by atoms with Gasteiger partial charge < -0.3 is 10.5 Å². The molecule has 2 atom stereocenters. The van der Waals surface area contributed by atoms with E-state index in [1.807, 2.05) is 6.07 Å². The molecule has 1 aromatic carbocycles. The van der Waals surface area contributed by atoms with Crippen LogP contribution in [0.2, 0.25) is 0 Å². The Hall–Kier alpha value is -0.740. The number of ether oxygens (including phenoxy) is 1. The molecule has 94 valence electrons. The molecule has 1 fully saturated rings. The average molecular weight is 255 g/mol. The van der Waals surface area contributed by atoms with Gasteiger partial charge in [-0.05, 0) is 43.9 Å². The molecule has 2 rings (SSSR count). The predicted octanol–water partition coefficient (Wildman–Crippen LogP) is 3.46. The zero-order valence-corrected chi connectivity index (χ0v) is 10.8. The van der Waals surface area contributed by atoms with Gasteiger partial charge in [-0.3, -0.25) is 0 Å². The van der Waals surface area contributed by atoms with Crippen LogP contribution in [0.25, 0.3) is 0 Å². The highest BCUT2D eigenvalue weighted by Crippen LogP contribution is 2.35. The number of nitrogens with two attached hydrogens (primary N) is 1. The fourth-order valence-corrected chi connectivity index (χ4v) is 3.50. The van der Waals surface area contributed by atoms with E-state index in [0.29, 0.717) is 11.4 Å². The molecule has 1 aliphatic carbocycles.